The number of halogens is 1. The molecule has 1 fully saturated rings. The molecule has 0 saturated heterocycles. The first kappa shape index (κ1) is 35.1. The fraction of sp³-hybridized carbons (Fsp3) is 0.543. The molecule has 2 N–H and O–H groups in total. The third-order valence-electron chi connectivity index (χ3n) is 8.93. The number of methoxy groups -OCH3 is 1. The van der Waals surface area contributed by atoms with Gasteiger partial charge in [-0.05, 0) is 86.8 Å². The number of hydrogen-bond donors (Lipinski definition) is 2. The minimum Gasteiger partial charge on any atom is -0.467 e. The largest absolute Gasteiger partial charge is 0.467 e. The number of esters is 2. The second-order valence-corrected chi connectivity index (χ2v) is 14.9. The van der Waals surface area contributed by atoms with Crippen LogP contribution < -0.4 is 10.6 Å². The van der Waals surface area contributed by atoms with Gasteiger partial charge in [-0.2, -0.15) is 0 Å². The molecule has 0 bridgehead atoms. The van der Waals surface area contributed by atoms with Crippen LogP contribution in [0, 0.1) is 16.7 Å². The Balaban J connectivity index is 1.70. The number of hydrogen-bond acceptors (Lipinski definition) is 6. The van der Waals surface area contributed by atoms with Crippen molar-refractivity contribution in [3.63, 3.8) is 0 Å². The first-order valence-corrected chi connectivity index (χ1v) is 15.4. The molecule has 2 amide bonds. The van der Waals surface area contributed by atoms with E-state index < -0.39 is 34.4 Å². The normalized spacial score (nSPS) is 20.4. The van der Waals surface area contributed by atoms with Crippen molar-refractivity contribution in [3.8, 4) is 0 Å². The van der Waals surface area contributed by atoms with Crippen LogP contribution in [0.3, 0.4) is 0 Å². The van der Waals surface area contributed by atoms with E-state index in [0.29, 0.717) is 29.1 Å². The van der Waals surface area contributed by atoms with E-state index in [-0.39, 0.29) is 29.6 Å². The summed E-state index contributed by atoms with van der Waals surface area (Å²) in [6.45, 7) is 17.4. The van der Waals surface area contributed by atoms with E-state index in [1.165, 1.54) is 7.11 Å². The molecular formula is C35H47ClN2O6. The van der Waals surface area contributed by atoms with E-state index in [9.17, 15) is 19.2 Å². The smallest absolute Gasteiger partial charge is 0.328 e. The minimum atomic E-state index is -0.933. The third-order valence-corrected chi connectivity index (χ3v) is 9.24. The zero-order valence-corrected chi connectivity index (χ0v) is 28.4. The van der Waals surface area contributed by atoms with Crippen LogP contribution >= 0.6 is 11.6 Å². The molecule has 0 aromatic heterocycles. The average Bonchev–Trinajstić information content (AvgIpc) is 3.16. The minimum absolute atomic E-state index is 0.0933. The van der Waals surface area contributed by atoms with Gasteiger partial charge in [-0.15, -0.1) is 0 Å². The highest BCUT2D eigenvalue weighted by Gasteiger charge is 2.59. The molecule has 1 aliphatic rings. The highest BCUT2D eigenvalue weighted by Crippen LogP contribution is 2.57. The maximum Gasteiger partial charge on any atom is 0.328 e. The lowest BCUT2D eigenvalue weighted by molar-refractivity contribution is -0.173. The highest BCUT2D eigenvalue weighted by molar-refractivity contribution is 6.34. The molecule has 2 aromatic carbocycles. The Kier molecular flexibility index (Phi) is 10.3. The Hall–Kier alpha value is -3.39. The van der Waals surface area contributed by atoms with Crippen LogP contribution in [0.25, 0.3) is 0 Å². The molecule has 8 nitrogen and oxygen atoms in total. The molecule has 2 aromatic rings. The molecule has 3 unspecified atom stereocenters. The number of carbonyl (C=O) groups is 4. The van der Waals surface area contributed by atoms with Crippen LogP contribution in [0.4, 0.5) is 5.69 Å². The van der Waals surface area contributed by atoms with Crippen LogP contribution in [0.2, 0.25) is 5.02 Å². The van der Waals surface area contributed by atoms with Crippen LogP contribution in [0.15, 0.2) is 42.5 Å². The van der Waals surface area contributed by atoms with Gasteiger partial charge in [0.25, 0.3) is 5.91 Å². The Bertz CT molecular complexity index is 1400. The van der Waals surface area contributed by atoms with Crippen molar-refractivity contribution in [3.05, 3.63) is 64.2 Å². The summed E-state index contributed by atoms with van der Waals surface area (Å²) in [5.41, 5.74) is 0.412. The van der Waals surface area contributed by atoms with Crippen molar-refractivity contribution >= 4 is 41.0 Å². The molecular weight excluding hydrogens is 580 g/mol. The number of carbonyl (C=O) groups excluding carboxylic acids is 4. The summed E-state index contributed by atoms with van der Waals surface area (Å²) in [6.07, 6.45) is 1.16. The molecule has 240 valence electrons. The van der Waals surface area contributed by atoms with E-state index in [1.807, 2.05) is 53.7 Å². The first-order valence-electron chi connectivity index (χ1n) is 15.0. The number of anilines is 1. The van der Waals surface area contributed by atoms with Crippen molar-refractivity contribution in [2.45, 2.75) is 98.6 Å². The quantitative estimate of drug-likeness (QED) is 0.309. The SMILES string of the molecule is COC(=O)C(Cc1ccc(NC(=O)c2ccc(C(C)(C)C)cc2Cl)cc1)NC(=O)C1CCC(C)(C(=O)OC(C)(C)C)C1(C)C. The third kappa shape index (κ3) is 7.81. The van der Waals surface area contributed by atoms with Crippen LogP contribution in [0.1, 0.15) is 96.6 Å². The molecule has 0 aliphatic heterocycles. The summed E-state index contributed by atoms with van der Waals surface area (Å²) in [5.74, 6) is -2.05. The molecule has 1 saturated carbocycles. The summed E-state index contributed by atoms with van der Waals surface area (Å²) in [7, 11) is 1.28. The molecule has 44 heavy (non-hydrogen) atoms. The van der Waals surface area contributed by atoms with Gasteiger partial charge in [0.15, 0.2) is 0 Å². The second kappa shape index (κ2) is 12.9. The van der Waals surface area contributed by atoms with E-state index in [2.05, 4.69) is 31.4 Å². The van der Waals surface area contributed by atoms with Gasteiger partial charge < -0.3 is 20.1 Å². The summed E-state index contributed by atoms with van der Waals surface area (Å²) in [4.78, 5) is 52.4. The van der Waals surface area contributed by atoms with Crippen LogP contribution in [-0.2, 0) is 35.7 Å². The van der Waals surface area contributed by atoms with Gasteiger partial charge in [-0.25, -0.2) is 4.79 Å². The van der Waals surface area contributed by atoms with E-state index in [1.54, 1.807) is 30.3 Å². The number of ether oxygens (including phenoxy) is 2. The van der Waals surface area contributed by atoms with Crippen molar-refractivity contribution in [1.29, 1.82) is 0 Å². The number of nitrogens with one attached hydrogen (secondary N) is 2. The molecule has 3 atom stereocenters. The van der Waals surface area contributed by atoms with E-state index >= 15 is 0 Å². The lowest BCUT2D eigenvalue weighted by atomic mass is 9.65. The lowest BCUT2D eigenvalue weighted by Gasteiger charge is -2.40. The van der Waals surface area contributed by atoms with Gasteiger partial charge >= 0.3 is 11.9 Å². The van der Waals surface area contributed by atoms with Gasteiger partial charge in [0.1, 0.15) is 11.6 Å². The Labute approximate surface area is 266 Å². The van der Waals surface area contributed by atoms with E-state index in [0.717, 1.165) is 11.1 Å². The molecule has 1 aliphatic carbocycles. The first-order chi connectivity index (χ1) is 20.2. The van der Waals surface area contributed by atoms with Crippen molar-refractivity contribution < 1.29 is 28.7 Å². The van der Waals surface area contributed by atoms with Crippen molar-refractivity contribution in [2.75, 3.05) is 12.4 Å². The molecule has 0 radical (unpaired) electrons. The van der Waals surface area contributed by atoms with Gasteiger partial charge in [0.2, 0.25) is 5.91 Å². The van der Waals surface area contributed by atoms with Crippen LogP contribution in [0.5, 0.6) is 0 Å². The lowest BCUT2D eigenvalue weighted by Crippen LogP contribution is -2.51. The average molecular weight is 627 g/mol. The zero-order chi connectivity index (χ0) is 33.3. The predicted molar refractivity (Wildman–Crippen MR) is 173 cm³/mol. The fourth-order valence-electron chi connectivity index (χ4n) is 5.65. The number of rotatable bonds is 8. The summed E-state index contributed by atoms with van der Waals surface area (Å²) in [6, 6.07) is 11.5. The number of benzene rings is 2. The Morgan fingerprint density at radius 2 is 1.59 bits per heavy atom. The maximum absolute atomic E-state index is 13.6. The topological polar surface area (TPSA) is 111 Å². The summed E-state index contributed by atoms with van der Waals surface area (Å²) >= 11 is 6.42. The maximum atomic E-state index is 13.6. The number of amides is 2. The summed E-state index contributed by atoms with van der Waals surface area (Å²) < 4.78 is 10.7. The highest BCUT2D eigenvalue weighted by atomic mass is 35.5. The van der Waals surface area contributed by atoms with Gasteiger partial charge in [-0.3, -0.25) is 14.4 Å². The Morgan fingerprint density at radius 1 is 0.977 bits per heavy atom. The molecule has 0 spiro atoms. The Morgan fingerprint density at radius 3 is 2.11 bits per heavy atom. The van der Waals surface area contributed by atoms with Crippen LogP contribution in [-0.4, -0.2) is 42.5 Å². The zero-order valence-electron chi connectivity index (χ0n) is 27.6. The van der Waals surface area contributed by atoms with Crippen molar-refractivity contribution in [2.24, 2.45) is 16.7 Å². The van der Waals surface area contributed by atoms with Gasteiger partial charge in [0.05, 0.1) is 23.1 Å². The fourth-order valence-corrected chi connectivity index (χ4v) is 5.91. The van der Waals surface area contributed by atoms with Crippen molar-refractivity contribution in [1.82, 2.24) is 5.32 Å². The van der Waals surface area contributed by atoms with Gasteiger partial charge in [-0.1, -0.05) is 64.4 Å². The molecule has 9 heteroatoms. The monoisotopic (exact) mass is 626 g/mol. The standard InChI is InChI=1S/C35H47ClN2O6/c1-32(2,3)22-13-16-24(26(36)20-22)28(39)37-23-14-11-21(12-15-23)19-27(30(41)43-10)38-29(40)25-17-18-35(9,34(25,7)8)31(42)44-33(4,5)6/h11-16,20,25,27H,17-19H2,1-10H3,(H,37,39)(H,38,40). The van der Waals surface area contributed by atoms with Gasteiger partial charge in [0, 0.05) is 18.0 Å². The molecule has 0 heterocycles. The second-order valence-electron chi connectivity index (χ2n) is 14.5. The van der Waals surface area contributed by atoms with E-state index in [4.69, 9.17) is 21.1 Å². The molecule has 3 rings (SSSR count). The summed E-state index contributed by atoms with van der Waals surface area (Å²) in [5, 5.41) is 6.11. The predicted octanol–water partition coefficient (Wildman–Crippen LogP) is 6.87.